The van der Waals surface area contributed by atoms with Gasteiger partial charge in [-0.05, 0) is 62.2 Å². The molecule has 1 heterocycles. The fourth-order valence-electron chi connectivity index (χ4n) is 4.23. The first-order valence-corrected chi connectivity index (χ1v) is 13.8. The number of amides is 2. The second-order valence-electron chi connectivity index (χ2n) is 9.08. The van der Waals surface area contributed by atoms with Crippen LogP contribution < -0.4 is 9.62 Å². The molecule has 0 aromatic heterocycles. The highest BCUT2D eigenvalue weighted by atomic mass is 35.5. The summed E-state index contributed by atoms with van der Waals surface area (Å²) >= 11 is 5.75. The third kappa shape index (κ3) is 6.36. The molecule has 0 aliphatic carbocycles. The van der Waals surface area contributed by atoms with Crippen LogP contribution in [-0.4, -0.2) is 44.8 Å². The number of para-hydroxylation sites is 1. The van der Waals surface area contributed by atoms with E-state index in [-0.39, 0.29) is 22.1 Å². The van der Waals surface area contributed by atoms with Gasteiger partial charge < -0.3 is 10.2 Å². The molecule has 12 heteroatoms. The topological polar surface area (TPSA) is 86.8 Å². The maximum atomic E-state index is 13.6. The zero-order valence-electron chi connectivity index (χ0n) is 20.8. The molecule has 0 unspecified atom stereocenters. The van der Waals surface area contributed by atoms with Crippen LogP contribution in [-0.2, 0) is 21.0 Å². The van der Waals surface area contributed by atoms with E-state index in [0.29, 0.717) is 23.5 Å². The molecule has 7 nitrogen and oxygen atoms in total. The van der Waals surface area contributed by atoms with E-state index in [4.69, 9.17) is 11.6 Å². The van der Waals surface area contributed by atoms with Crippen molar-refractivity contribution in [3.05, 3.63) is 88.4 Å². The minimum atomic E-state index is -4.86. The number of nitrogens with zero attached hydrogens (tertiary/aromatic N) is 2. The van der Waals surface area contributed by atoms with Crippen LogP contribution >= 0.6 is 11.6 Å². The predicted molar refractivity (Wildman–Crippen MR) is 142 cm³/mol. The molecule has 3 aromatic carbocycles. The molecule has 1 saturated heterocycles. The lowest BCUT2D eigenvalue weighted by molar-refractivity contribution is -0.137. The number of halogens is 4. The van der Waals surface area contributed by atoms with E-state index in [1.165, 1.54) is 30.3 Å². The van der Waals surface area contributed by atoms with Crippen LogP contribution in [0.15, 0.2) is 71.6 Å². The Bertz CT molecular complexity index is 1490. The van der Waals surface area contributed by atoms with Gasteiger partial charge in [-0.25, -0.2) is 8.42 Å². The van der Waals surface area contributed by atoms with Crippen LogP contribution in [0.4, 0.5) is 24.5 Å². The lowest BCUT2D eigenvalue weighted by atomic mass is 10.1. The smallest absolute Gasteiger partial charge is 0.339 e. The standard InChI is InChI=1S/C27H25ClF3N3O4S/c1-18-8-11-20(12-9-18)39(37,38)34(19-10-13-23(28)22(16-19)27(29,30)31)17-25(35)32-24-7-3-2-6-21(24)26(36)33-14-4-5-15-33/h2-3,6-13,16H,4-5,14-15,17H2,1H3,(H,32,35). The quantitative estimate of drug-likeness (QED) is 0.387. The molecule has 1 aliphatic heterocycles. The number of alkyl halides is 3. The Labute approximate surface area is 229 Å². The minimum absolute atomic E-state index is 0.166. The summed E-state index contributed by atoms with van der Waals surface area (Å²) in [6.45, 7) is 2.06. The first-order chi connectivity index (χ1) is 18.4. The van der Waals surface area contributed by atoms with E-state index >= 15 is 0 Å². The zero-order chi connectivity index (χ0) is 28.4. The molecule has 1 aliphatic rings. The molecule has 206 valence electrons. The molecule has 0 bridgehead atoms. The Balaban J connectivity index is 1.70. The van der Waals surface area contributed by atoms with Gasteiger partial charge in [0.15, 0.2) is 0 Å². The van der Waals surface area contributed by atoms with Crippen molar-refractivity contribution in [3.63, 3.8) is 0 Å². The highest BCUT2D eigenvalue weighted by Gasteiger charge is 2.36. The number of likely N-dealkylation sites (tertiary alicyclic amines) is 1. The number of anilines is 2. The van der Waals surface area contributed by atoms with Gasteiger partial charge in [0, 0.05) is 13.1 Å². The Morgan fingerprint density at radius 2 is 1.64 bits per heavy atom. The fraction of sp³-hybridized carbons (Fsp3) is 0.259. The summed E-state index contributed by atoms with van der Waals surface area (Å²) in [4.78, 5) is 27.6. The van der Waals surface area contributed by atoms with E-state index in [1.807, 2.05) is 0 Å². The number of carbonyl (C=O) groups is 2. The normalized spacial score (nSPS) is 13.8. The van der Waals surface area contributed by atoms with E-state index in [9.17, 15) is 31.2 Å². The molecule has 3 aromatic rings. The highest BCUT2D eigenvalue weighted by Crippen LogP contribution is 2.38. The molecule has 1 fully saturated rings. The molecular weight excluding hydrogens is 555 g/mol. The lowest BCUT2D eigenvalue weighted by Crippen LogP contribution is -2.38. The largest absolute Gasteiger partial charge is 0.417 e. The second kappa shape index (κ2) is 11.3. The number of hydrogen-bond donors (Lipinski definition) is 1. The van der Waals surface area contributed by atoms with Gasteiger partial charge in [-0.2, -0.15) is 13.2 Å². The zero-order valence-corrected chi connectivity index (χ0v) is 22.4. The van der Waals surface area contributed by atoms with Crippen LogP contribution in [0.3, 0.4) is 0 Å². The molecule has 0 saturated carbocycles. The van der Waals surface area contributed by atoms with Crippen molar-refractivity contribution >= 4 is 44.8 Å². The number of rotatable bonds is 7. The molecular formula is C27H25ClF3N3O4S. The number of sulfonamides is 1. The Hall–Kier alpha value is -3.57. The monoisotopic (exact) mass is 579 g/mol. The van der Waals surface area contributed by atoms with Gasteiger partial charge in [0.25, 0.3) is 15.9 Å². The van der Waals surface area contributed by atoms with E-state index in [2.05, 4.69) is 5.32 Å². The van der Waals surface area contributed by atoms with Gasteiger partial charge in [-0.15, -0.1) is 0 Å². The van der Waals surface area contributed by atoms with Gasteiger partial charge in [0.1, 0.15) is 6.54 Å². The van der Waals surface area contributed by atoms with E-state index in [0.717, 1.165) is 30.5 Å². The van der Waals surface area contributed by atoms with Gasteiger partial charge in [0.2, 0.25) is 5.91 Å². The van der Waals surface area contributed by atoms with Crippen LogP contribution in [0, 0.1) is 6.92 Å². The maximum absolute atomic E-state index is 13.6. The van der Waals surface area contributed by atoms with Crippen LogP contribution in [0.5, 0.6) is 0 Å². The van der Waals surface area contributed by atoms with Crippen molar-refractivity contribution in [2.45, 2.75) is 30.8 Å². The van der Waals surface area contributed by atoms with Crippen molar-refractivity contribution < 1.29 is 31.2 Å². The Morgan fingerprint density at radius 1 is 1.00 bits per heavy atom. The number of hydrogen-bond acceptors (Lipinski definition) is 4. The maximum Gasteiger partial charge on any atom is 0.417 e. The number of carbonyl (C=O) groups excluding carboxylic acids is 2. The van der Waals surface area contributed by atoms with Crippen molar-refractivity contribution in [1.29, 1.82) is 0 Å². The lowest BCUT2D eigenvalue weighted by Gasteiger charge is -2.25. The average Bonchev–Trinajstić information content (AvgIpc) is 3.42. The summed E-state index contributed by atoms with van der Waals surface area (Å²) in [6.07, 6.45) is -3.12. The summed E-state index contributed by atoms with van der Waals surface area (Å²) in [5, 5.41) is 1.95. The molecule has 4 rings (SSSR count). The van der Waals surface area contributed by atoms with Crippen LogP contribution in [0.1, 0.15) is 34.3 Å². The van der Waals surface area contributed by atoms with E-state index in [1.54, 1.807) is 30.0 Å². The van der Waals surface area contributed by atoms with Crippen molar-refractivity contribution in [2.24, 2.45) is 0 Å². The van der Waals surface area contributed by atoms with E-state index < -0.39 is 44.9 Å². The highest BCUT2D eigenvalue weighted by molar-refractivity contribution is 7.92. The Morgan fingerprint density at radius 3 is 2.28 bits per heavy atom. The molecule has 0 spiro atoms. The molecule has 0 radical (unpaired) electrons. The van der Waals surface area contributed by atoms with Crippen molar-refractivity contribution in [3.8, 4) is 0 Å². The summed E-state index contributed by atoms with van der Waals surface area (Å²) in [5.41, 5.74) is -0.481. The van der Waals surface area contributed by atoms with Gasteiger partial charge in [-0.1, -0.05) is 41.4 Å². The fourth-order valence-corrected chi connectivity index (χ4v) is 5.86. The number of benzene rings is 3. The third-order valence-corrected chi connectivity index (χ3v) is 8.38. The molecule has 1 N–H and O–H groups in total. The number of nitrogens with one attached hydrogen (secondary N) is 1. The summed E-state index contributed by atoms with van der Waals surface area (Å²) in [6, 6.07) is 14.6. The van der Waals surface area contributed by atoms with Gasteiger partial charge in [0.05, 0.1) is 32.4 Å². The second-order valence-corrected chi connectivity index (χ2v) is 11.3. The molecule has 2 amide bonds. The van der Waals surface area contributed by atoms with Crippen LogP contribution in [0.2, 0.25) is 5.02 Å². The van der Waals surface area contributed by atoms with Gasteiger partial charge in [-0.3, -0.25) is 13.9 Å². The SMILES string of the molecule is Cc1ccc(S(=O)(=O)N(CC(=O)Nc2ccccc2C(=O)N2CCCC2)c2ccc(Cl)c(C(F)(F)F)c2)cc1. The first kappa shape index (κ1) is 28.4. The molecule has 0 atom stereocenters. The first-order valence-electron chi connectivity index (χ1n) is 12.0. The van der Waals surface area contributed by atoms with Crippen molar-refractivity contribution in [1.82, 2.24) is 4.90 Å². The summed E-state index contributed by atoms with van der Waals surface area (Å²) in [7, 11) is -4.49. The average molecular weight is 580 g/mol. The van der Waals surface area contributed by atoms with Crippen LogP contribution in [0.25, 0.3) is 0 Å². The van der Waals surface area contributed by atoms with Crippen molar-refractivity contribution in [2.75, 3.05) is 29.3 Å². The molecule has 39 heavy (non-hydrogen) atoms. The third-order valence-electron chi connectivity index (χ3n) is 6.26. The van der Waals surface area contributed by atoms with Gasteiger partial charge >= 0.3 is 6.18 Å². The minimum Gasteiger partial charge on any atom is -0.339 e. The predicted octanol–water partition coefficient (Wildman–Crippen LogP) is 5.74. The Kier molecular flexibility index (Phi) is 8.22. The number of aryl methyl sites for hydroxylation is 1. The summed E-state index contributed by atoms with van der Waals surface area (Å²) in [5.74, 6) is -1.13. The summed E-state index contributed by atoms with van der Waals surface area (Å²) < 4.78 is 68.5.